The van der Waals surface area contributed by atoms with E-state index in [4.69, 9.17) is 22.3 Å². The molecule has 0 spiro atoms. The maximum absolute atomic E-state index is 13.7. The van der Waals surface area contributed by atoms with E-state index in [0.29, 0.717) is 44.4 Å². The second-order valence-electron chi connectivity index (χ2n) is 8.73. The van der Waals surface area contributed by atoms with Crippen LogP contribution >= 0.6 is 11.6 Å². The van der Waals surface area contributed by atoms with E-state index in [2.05, 4.69) is 15.3 Å². The van der Waals surface area contributed by atoms with Crippen LogP contribution in [-0.2, 0) is 9.84 Å². The van der Waals surface area contributed by atoms with Crippen LogP contribution in [0.1, 0.15) is 18.8 Å². The number of hydrogen-bond acceptors (Lipinski definition) is 8. The molecule has 38 heavy (non-hydrogen) atoms. The van der Waals surface area contributed by atoms with Crippen LogP contribution in [0.4, 0.5) is 11.8 Å². The van der Waals surface area contributed by atoms with Crippen molar-refractivity contribution in [3.63, 3.8) is 0 Å². The molecule has 2 heterocycles. The number of rotatable bonds is 6. The standard InChI is InChI=1S/C27H23ClN6O3S/c1-16(31-24-20(15-30-27(29)33-24)17-11-13-19(14-12-17)38(2,36)37)25-32-22-10-6-9-21(28)23(22)26(35)34(25)18-7-4-3-5-8-18/h3-16H,1-2H3,(H3,29,30,31,33)/t16-/m0/s1. The highest BCUT2D eigenvalue weighted by Gasteiger charge is 2.21. The average molecular weight is 547 g/mol. The predicted octanol–water partition coefficient (Wildman–Crippen LogP) is 4.65. The number of benzene rings is 3. The number of nitrogens with one attached hydrogen (secondary N) is 1. The van der Waals surface area contributed by atoms with Gasteiger partial charge in [0.2, 0.25) is 5.95 Å². The van der Waals surface area contributed by atoms with Crippen molar-refractivity contribution in [3.05, 3.63) is 100 Å². The van der Waals surface area contributed by atoms with E-state index in [1.807, 2.05) is 37.3 Å². The third kappa shape index (κ3) is 4.83. The Morgan fingerprint density at radius 3 is 2.37 bits per heavy atom. The quantitative estimate of drug-likeness (QED) is 0.314. The third-order valence-corrected chi connectivity index (χ3v) is 7.47. The Labute approximate surface area is 223 Å². The van der Waals surface area contributed by atoms with Gasteiger partial charge in [-0.15, -0.1) is 0 Å². The van der Waals surface area contributed by atoms with E-state index in [9.17, 15) is 13.2 Å². The monoisotopic (exact) mass is 546 g/mol. The van der Waals surface area contributed by atoms with Gasteiger partial charge in [-0.2, -0.15) is 4.98 Å². The summed E-state index contributed by atoms with van der Waals surface area (Å²) in [6.45, 7) is 1.85. The molecule has 0 unspecified atom stereocenters. The minimum absolute atomic E-state index is 0.0508. The van der Waals surface area contributed by atoms with Crippen molar-refractivity contribution >= 4 is 44.1 Å². The smallest absolute Gasteiger partial charge is 0.267 e. The van der Waals surface area contributed by atoms with E-state index >= 15 is 0 Å². The molecule has 3 N–H and O–H groups in total. The molecule has 0 radical (unpaired) electrons. The Morgan fingerprint density at radius 2 is 1.68 bits per heavy atom. The fraction of sp³-hybridized carbons (Fsp3) is 0.111. The summed E-state index contributed by atoms with van der Waals surface area (Å²) in [5.74, 6) is 0.888. The first-order chi connectivity index (χ1) is 18.1. The highest BCUT2D eigenvalue weighted by atomic mass is 35.5. The van der Waals surface area contributed by atoms with Crippen LogP contribution in [0.3, 0.4) is 0 Å². The fourth-order valence-corrected chi connectivity index (χ4v) is 5.07. The van der Waals surface area contributed by atoms with Gasteiger partial charge in [0, 0.05) is 18.0 Å². The SMILES string of the molecule is C[C@H](Nc1nc(N)ncc1-c1ccc(S(C)(=O)=O)cc1)c1nc2cccc(Cl)c2c(=O)n1-c1ccccc1. The van der Waals surface area contributed by atoms with Crippen LogP contribution in [0.15, 0.2) is 88.7 Å². The van der Waals surface area contributed by atoms with Crippen molar-refractivity contribution in [3.8, 4) is 16.8 Å². The normalized spacial score (nSPS) is 12.4. The lowest BCUT2D eigenvalue weighted by Crippen LogP contribution is -2.27. The molecule has 0 saturated carbocycles. The van der Waals surface area contributed by atoms with Crippen LogP contribution in [-0.4, -0.2) is 34.2 Å². The maximum atomic E-state index is 13.7. The van der Waals surface area contributed by atoms with E-state index in [1.165, 1.54) is 16.7 Å². The maximum Gasteiger partial charge on any atom is 0.267 e. The summed E-state index contributed by atoms with van der Waals surface area (Å²) in [5.41, 5.74) is 8.00. The first-order valence-corrected chi connectivity index (χ1v) is 13.9. The lowest BCUT2D eigenvalue weighted by Gasteiger charge is -2.21. The van der Waals surface area contributed by atoms with Crippen molar-refractivity contribution in [2.45, 2.75) is 17.9 Å². The minimum Gasteiger partial charge on any atom is -0.368 e. The Hall–Kier alpha value is -4.28. The van der Waals surface area contributed by atoms with Gasteiger partial charge in [-0.05, 0) is 48.9 Å². The molecule has 11 heteroatoms. The third-order valence-electron chi connectivity index (χ3n) is 6.03. The molecule has 0 aliphatic heterocycles. The second kappa shape index (κ2) is 9.88. The highest BCUT2D eigenvalue weighted by molar-refractivity contribution is 7.90. The number of sulfone groups is 1. The van der Waals surface area contributed by atoms with E-state index in [1.54, 1.807) is 36.5 Å². The summed E-state index contributed by atoms with van der Waals surface area (Å²) < 4.78 is 25.3. The molecule has 3 aromatic carbocycles. The van der Waals surface area contributed by atoms with E-state index in [-0.39, 0.29) is 16.4 Å². The summed E-state index contributed by atoms with van der Waals surface area (Å²) in [4.78, 5) is 27.2. The lowest BCUT2D eigenvalue weighted by molar-refractivity contribution is 0.602. The molecule has 0 fully saturated rings. The summed E-state index contributed by atoms with van der Waals surface area (Å²) in [6.07, 6.45) is 2.71. The minimum atomic E-state index is -3.35. The largest absolute Gasteiger partial charge is 0.368 e. The Kier molecular flexibility index (Phi) is 6.60. The highest BCUT2D eigenvalue weighted by Crippen LogP contribution is 2.31. The van der Waals surface area contributed by atoms with Gasteiger partial charge >= 0.3 is 0 Å². The van der Waals surface area contributed by atoms with Gasteiger partial charge in [0.05, 0.1) is 32.6 Å². The van der Waals surface area contributed by atoms with Crippen LogP contribution in [0, 0.1) is 0 Å². The molecule has 5 aromatic rings. The van der Waals surface area contributed by atoms with Crippen LogP contribution in [0.5, 0.6) is 0 Å². The van der Waals surface area contributed by atoms with E-state index in [0.717, 1.165) is 6.26 Å². The van der Waals surface area contributed by atoms with Gasteiger partial charge in [0.15, 0.2) is 9.84 Å². The van der Waals surface area contributed by atoms with Crippen LogP contribution in [0.2, 0.25) is 5.02 Å². The number of anilines is 2. The Bertz CT molecular complexity index is 1820. The van der Waals surface area contributed by atoms with Crippen molar-refractivity contribution in [2.75, 3.05) is 17.3 Å². The summed E-state index contributed by atoms with van der Waals surface area (Å²) >= 11 is 6.39. The Balaban J connectivity index is 1.63. The molecule has 1 atom stereocenters. The zero-order valence-corrected chi connectivity index (χ0v) is 22.0. The first kappa shape index (κ1) is 25.4. The molecule has 0 amide bonds. The molecule has 9 nitrogen and oxygen atoms in total. The van der Waals surface area contributed by atoms with Gasteiger partial charge in [0.25, 0.3) is 5.56 Å². The number of aromatic nitrogens is 4. The predicted molar refractivity (Wildman–Crippen MR) is 149 cm³/mol. The Morgan fingerprint density at radius 1 is 0.974 bits per heavy atom. The number of halogens is 1. The first-order valence-electron chi connectivity index (χ1n) is 11.6. The molecule has 5 rings (SSSR count). The molecule has 0 aliphatic rings. The van der Waals surface area contributed by atoms with Crippen molar-refractivity contribution < 1.29 is 8.42 Å². The van der Waals surface area contributed by atoms with Crippen molar-refractivity contribution in [1.29, 1.82) is 0 Å². The number of fused-ring (bicyclic) bond motifs is 1. The molecule has 0 aliphatic carbocycles. The van der Waals surface area contributed by atoms with Crippen LogP contribution in [0.25, 0.3) is 27.7 Å². The summed E-state index contributed by atoms with van der Waals surface area (Å²) in [6, 6.07) is 20.2. The van der Waals surface area contributed by atoms with Gasteiger partial charge in [-0.25, -0.2) is 18.4 Å². The molecule has 192 valence electrons. The zero-order chi connectivity index (χ0) is 27.0. The number of para-hydroxylation sites is 1. The van der Waals surface area contributed by atoms with Crippen LogP contribution < -0.4 is 16.6 Å². The lowest BCUT2D eigenvalue weighted by atomic mass is 10.1. The topological polar surface area (TPSA) is 133 Å². The molecule has 2 aromatic heterocycles. The molecular weight excluding hydrogens is 524 g/mol. The molecule has 0 bridgehead atoms. The second-order valence-corrected chi connectivity index (χ2v) is 11.2. The average Bonchev–Trinajstić information content (AvgIpc) is 2.88. The van der Waals surface area contributed by atoms with Gasteiger partial charge in [-0.1, -0.05) is 48.0 Å². The molecular formula is C27H23ClN6O3S. The van der Waals surface area contributed by atoms with E-state index < -0.39 is 15.9 Å². The van der Waals surface area contributed by atoms with Gasteiger partial charge < -0.3 is 11.1 Å². The van der Waals surface area contributed by atoms with Crippen molar-refractivity contribution in [1.82, 2.24) is 19.5 Å². The summed E-state index contributed by atoms with van der Waals surface area (Å²) in [7, 11) is -3.35. The summed E-state index contributed by atoms with van der Waals surface area (Å²) in [5, 5.41) is 3.97. The molecule has 0 saturated heterocycles. The number of nitrogens with two attached hydrogens (primary N) is 1. The number of nitrogens with zero attached hydrogens (tertiary/aromatic N) is 4. The zero-order valence-electron chi connectivity index (χ0n) is 20.5. The van der Waals surface area contributed by atoms with Gasteiger partial charge in [0.1, 0.15) is 11.6 Å². The fourth-order valence-electron chi connectivity index (χ4n) is 4.19. The number of hydrogen-bond donors (Lipinski definition) is 2. The number of nitrogen functional groups attached to an aromatic ring is 1. The van der Waals surface area contributed by atoms with Crippen molar-refractivity contribution in [2.24, 2.45) is 0 Å². The van der Waals surface area contributed by atoms with Gasteiger partial charge in [-0.3, -0.25) is 9.36 Å².